The molecule has 1 N–H and O–H groups in total. The van der Waals surface area contributed by atoms with E-state index < -0.39 is 0 Å². The van der Waals surface area contributed by atoms with Gasteiger partial charge in [0.05, 0.1) is 7.11 Å². The largest absolute Gasteiger partial charge is 0.494 e. The number of aromatic nitrogens is 4. The van der Waals surface area contributed by atoms with Gasteiger partial charge in [0, 0.05) is 12.2 Å². The van der Waals surface area contributed by atoms with Gasteiger partial charge in [-0.1, -0.05) is 0 Å². The Morgan fingerprint density at radius 3 is 2.81 bits per heavy atom. The van der Waals surface area contributed by atoms with Gasteiger partial charge in [-0.05, 0) is 38.3 Å². The first-order valence-corrected chi connectivity index (χ1v) is 6.83. The molecule has 2 aromatic rings. The molecule has 0 aliphatic heterocycles. The topological polar surface area (TPSA) is 81.9 Å². The van der Waals surface area contributed by atoms with Crippen LogP contribution in [0, 0.1) is 13.8 Å². The maximum absolute atomic E-state index is 12.4. The van der Waals surface area contributed by atoms with Crippen molar-refractivity contribution in [1.82, 2.24) is 19.7 Å². The zero-order chi connectivity index (χ0) is 15.0. The summed E-state index contributed by atoms with van der Waals surface area (Å²) in [4.78, 5) is 16.5. The van der Waals surface area contributed by atoms with E-state index in [1.807, 2.05) is 18.4 Å². The molecule has 0 radical (unpaired) electrons. The van der Waals surface area contributed by atoms with Crippen molar-refractivity contribution in [3.05, 3.63) is 29.3 Å². The second kappa shape index (κ2) is 5.16. The molecule has 110 valence electrons. The van der Waals surface area contributed by atoms with E-state index in [1.54, 1.807) is 12.3 Å². The van der Waals surface area contributed by atoms with Gasteiger partial charge in [0.2, 0.25) is 5.95 Å². The molecule has 21 heavy (non-hydrogen) atoms. The first kappa shape index (κ1) is 13.5. The predicted octanol–water partition coefficient (Wildman–Crippen LogP) is 1.89. The summed E-state index contributed by atoms with van der Waals surface area (Å²) >= 11 is 0. The summed E-state index contributed by atoms with van der Waals surface area (Å²) in [7, 11) is 1.52. The van der Waals surface area contributed by atoms with Crippen LogP contribution in [0.15, 0.2) is 12.3 Å². The molecule has 1 aliphatic rings. The van der Waals surface area contributed by atoms with Crippen LogP contribution in [0.5, 0.6) is 5.75 Å². The molecule has 0 spiro atoms. The summed E-state index contributed by atoms with van der Waals surface area (Å²) in [6, 6.07) is 2.17. The Bertz CT molecular complexity index is 691. The van der Waals surface area contributed by atoms with E-state index in [1.165, 1.54) is 7.11 Å². The quantitative estimate of drug-likeness (QED) is 0.928. The Balaban J connectivity index is 1.87. The maximum atomic E-state index is 12.4. The molecule has 3 rings (SSSR count). The lowest BCUT2D eigenvalue weighted by molar-refractivity contribution is 0.101. The van der Waals surface area contributed by atoms with Crippen LogP contribution in [-0.2, 0) is 0 Å². The Hall–Kier alpha value is -2.44. The number of carbonyl (C=O) groups is 1. The molecule has 1 fully saturated rings. The van der Waals surface area contributed by atoms with E-state index in [0.717, 1.165) is 24.2 Å². The van der Waals surface area contributed by atoms with Gasteiger partial charge in [0.25, 0.3) is 5.91 Å². The predicted molar refractivity (Wildman–Crippen MR) is 76.5 cm³/mol. The molecule has 0 unspecified atom stereocenters. The van der Waals surface area contributed by atoms with Crippen molar-refractivity contribution >= 4 is 11.9 Å². The maximum Gasteiger partial charge on any atom is 0.280 e. The van der Waals surface area contributed by atoms with Crippen LogP contribution < -0.4 is 10.1 Å². The Kier molecular flexibility index (Phi) is 3.32. The fourth-order valence-electron chi connectivity index (χ4n) is 2.25. The molecular weight excluding hydrogens is 270 g/mol. The van der Waals surface area contributed by atoms with Gasteiger partial charge in [-0.2, -0.15) is 0 Å². The highest BCUT2D eigenvalue weighted by atomic mass is 16.5. The van der Waals surface area contributed by atoms with Crippen molar-refractivity contribution in [3.8, 4) is 5.75 Å². The van der Waals surface area contributed by atoms with Crippen molar-refractivity contribution in [1.29, 1.82) is 0 Å². The summed E-state index contributed by atoms with van der Waals surface area (Å²) in [5, 5.41) is 10.8. The van der Waals surface area contributed by atoms with Gasteiger partial charge in [-0.25, -0.2) is 4.98 Å². The van der Waals surface area contributed by atoms with Crippen LogP contribution in [0.1, 0.15) is 40.8 Å². The van der Waals surface area contributed by atoms with Gasteiger partial charge < -0.3 is 4.74 Å². The van der Waals surface area contributed by atoms with Crippen molar-refractivity contribution in [3.63, 3.8) is 0 Å². The number of nitrogens with zero attached hydrogens (tertiary/aromatic N) is 4. The van der Waals surface area contributed by atoms with Crippen molar-refractivity contribution in [2.45, 2.75) is 32.7 Å². The average molecular weight is 287 g/mol. The van der Waals surface area contributed by atoms with Crippen molar-refractivity contribution < 1.29 is 9.53 Å². The third kappa shape index (κ3) is 2.58. The minimum atomic E-state index is -0.346. The highest BCUT2D eigenvalue weighted by Crippen LogP contribution is 2.37. The molecule has 1 saturated carbocycles. The van der Waals surface area contributed by atoms with Crippen LogP contribution >= 0.6 is 0 Å². The highest BCUT2D eigenvalue weighted by Gasteiger charge is 2.29. The molecule has 0 atom stereocenters. The van der Waals surface area contributed by atoms with E-state index in [0.29, 0.717) is 17.7 Å². The molecule has 7 nitrogen and oxygen atoms in total. The standard InChI is InChI=1S/C14H17N5O2/c1-8-6-11(21-3)12(15-7-8)13(20)16-14-18-17-9(2)19(14)10-4-5-10/h6-7,10H,4-5H2,1-3H3,(H,16,18,20). The molecule has 2 aromatic heterocycles. The summed E-state index contributed by atoms with van der Waals surface area (Å²) < 4.78 is 7.17. The minimum absolute atomic E-state index is 0.242. The lowest BCUT2D eigenvalue weighted by atomic mass is 10.2. The number of hydrogen-bond acceptors (Lipinski definition) is 5. The number of ether oxygens (including phenoxy) is 1. The number of amides is 1. The number of hydrogen-bond donors (Lipinski definition) is 1. The first-order chi connectivity index (χ1) is 10.1. The lowest BCUT2D eigenvalue weighted by Gasteiger charge is -2.10. The number of pyridine rings is 1. The summed E-state index contributed by atoms with van der Waals surface area (Å²) in [5.74, 6) is 1.36. The zero-order valence-electron chi connectivity index (χ0n) is 12.3. The van der Waals surface area contributed by atoms with E-state index in [4.69, 9.17) is 4.74 Å². The second-order valence-electron chi connectivity index (χ2n) is 5.19. The average Bonchev–Trinajstić information content (AvgIpc) is 3.23. The fraction of sp³-hybridized carbons (Fsp3) is 0.429. The molecular formula is C14H17N5O2. The van der Waals surface area contributed by atoms with Gasteiger partial charge in [-0.15, -0.1) is 10.2 Å². The first-order valence-electron chi connectivity index (χ1n) is 6.83. The second-order valence-corrected chi connectivity index (χ2v) is 5.19. The highest BCUT2D eigenvalue weighted by molar-refractivity contribution is 6.03. The van der Waals surface area contributed by atoms with Crippen molar-refractivity contribution in [2.75, 3.05) is 12.4 Å². The Morgan fingerprint density at radius 2 is 2.14 bits per heavy atom. The van der Waals surface area contributed by atoms with E-state index in [9.17, 15) is 4.79 Å². The zero-order valence-corrected chi connectivity index (χ0v) is 12.3. The third-order valence-corrected chi connectivity index (χ3v) is 3.43. The van der Waals surface area contributed by atoms with Crippen LogP contribution in [0.3, 0.4) is 0 Å². The molecule has 0 aromatic carbocycles. The van der Waals surface area contributed by atoms with Gasteiger partial charge in [-0.3, -0.25) is 14.7 Å². The van der Waals surface area contributed by atoms with Gasteiger partial charge in [0.15, 0.2) is 5.69 Å². The smallest absolute Gasteiger partial charge is 0.280 e. The van der Waals surface area contributed by atoms with Crippen LogP contribution in [0.4, 0.5) is 5.95 Å². The Labute approximate surface area is 122 Å². The van der Waals surface area contributed by atoms with Crippen LogP contribution in [0.2, 0.25) is 0 Å². The van der Waals surface area contributed by atoms with E-state index in [2.05, 4.69) is 20.5 Å². The van der Waals surface area contributed by atoms with Crippen LogP contribution in [0.25, 0.3) is 0 Å². The van der Waals surface area contributed by atoms with Gasteiger partial charge >= 0.3 is 0 Å². The number of rotatable bonds is 4. The molecule has 1 aliphatic carbocycles. The van der Waals surface area contributed by atoms with Gasteiger partial charge in [0.1, 0.15) is 11.6 Å². The Morgan fingerprint density at radius 1 is 1.38 bits per heavy atom. The van der Waals surface area contributed by atoms with E-state index >= 15 is 0 Å². The van der Waals surface area contributed by atoms with Crippen molar-refractivity contribution in [2.24, 2.45) is 0 Å². The minimum Gasteiger partial charge on any atom is -0.494 e. The molecule has 2 heterocycles. The normalized spacial score (nSPS) is 14.0. The number of carbonyl (C=O) groups excluding carboxylic acids is 1. The van der Waals surface area contributed by atoms with E-state index in [-0.39, 0.29) is 11.6 Å². The monoisotopic (exact) mass is 287 g/mol. The number of aryl methyl sites for hydroxylation is 2. The molecule has 0 saturated heterocycles. The molecule has 0 bridgehead atoms. The summed E-state index contributed by atoms with van der Waals surface area (Å²) in [5.41, 5.74) is 1.17. The van der Waals surface area contributed by atoms with Crippen LogP contribution in [-0.4, -0.2) is 32.8 Å². The lowest BCUT2D eigenvalue weighted by Crippen LogP contribution is -2.18. The number of anilines is 1. The summed E-state index contributed by atoms with van der Waals surface area (Å²) in [6.07, 6.45) is 3.82. The third-order valence-electron chi connectivity index (χ3n) is 3.43. The fourth-order valence-corrected chi connectivity index (χ4v) is 2.25. The SMILES string of the molecule is COc1cc(C)cnc1C(=O)Nc1nnc(C)n1C1CC1. The molecule has 7 heteroatoms. The number of nitrogens with one attached hydrogen (secondary N) is 1. The number of methoxy groups -OCH3 is 1. The summed E-state index contributed by atoms with van der Waals surface area (Å²) in [6.45, 7) is 3.77. The molecule has 1 amide bonds.